The lowest BCUT2D eigenvalue weighted by molar-refractivity contribution is 0.360. The third-order valence-electron chi connectivity index (χ3n) is 4.10. The molecule has 2 saturated carbocycles. The molecule has 0 bridgehead atoms. The van der Waals surface area contributed by atoms with E-state index in [0.29, 0.717) is 0 Å². The monoisotopic (exact) mass is 194 g/mol. The molecule has 82 valence electrons. The molecule has 2 aliphatic carbocycles. The van der Waals surface area contributed by atoms with Gasteiger partial charge >= 0.3 is 0 Å². The molecule has 0 saturated heterocycles. The molecule has 2 rings (SSSR count). The average Bonchev–Trinajstić information content (AvgIpc) is 3.03. The van der Waals surface area contributed by atoms with E-state index in [1.807, 2.05) is 0 Å². The third-order valence-corrected chi connectivity index (χ3v) is 4.10. The van der Waals surface area contributed by atoms with Crippen LogP contribution in [0.15, 0.2) is 0 Å². The molecule has 0 aromatic heterocycles. The Morgan fingerprint density at radius 2 is 1.43 bits per heavy atom. The second-order valence-corrected chi connectivity index (χ2v) is 5.54. The van der Waals surface area contributed by atoms with E-state index in [1.165, 1.54) is 43.9 Å². The standard InChI is InChI=1S/C14H26/c1-2-3-4-5-6-7-14(12-8-9-12)13-10-11-13/h12-14H,2-11H2,1H3. The highest BCUT2D eigenvalue weighted by atomic mass is 14.5. The van der Waals surface area contributed by atoms with Crippen LogP contribution in [0.5, 0.6) is 0 Å². The Labute approximate surface area is 89.5 Å². The Kier molecular flexibility index (Phi) is 3.89. The molecule has 0 heteroatoms. The van der Waals surface area contributed by atoms with Crippen molar-refractivity contribution in [2.45, 2.75) is 71.1 Å². The number of hydrogen-bond donors (Lipinski definition) is 0. The molecule has 0 amide bonds. The molecule has 2 fully saturated rings. The highest BCUT2D eigenvalue weighted by Crippen LogP contribution is 2.51. The van der Waals surface area contributed by atoms with E-state index < -0.39 is 0 Å². The fourth-order valence-electron chi connectivity index (χ4n) is 2.89. The summed E-state index contributed by atoms with van der Waals surface area (Å²) in [6, 6.07) is 0. The number of rotatable bonds is 8. The van der Waals surface area contributed by atoms with Crippen LogP contribution in [-0.4, -0.2) is 0 Å². The maximum Gasteiger partial charge on any atom is -0.0357 e. The van der Waals surface area contributed by atoms with Gasteiger partial charge in [-0.2, -0.15) is 0 Å². The van der Waals surface area contributed by atoms with E-state index in [4.69, 9.17) is 0 Å². The fourth-order valence-corrected chi connectivity index (χ4v) is 2.89. The van der Waals surface area contributed by atoms with Crippen LogP contribution in [0.4, 0.5) is 0 Å². The number of unbranched alkanes of at least 4 members (excludes halogenated alkanes) is 4. The van der Waals surface area contributed by atoms with Crippen molar-refractivity contribution in [1.82, 2.24) is 0 Å². The Hall–Kier alpha value is 0. The van der Waals surface area contributed by atoms with Crippen LogP contribution in [0.3, 0.4) is 0 Å². The molecule has 2 aliphatic rings. The Morgan fingerprint density at radius 3 is 1.93 bits per heavy atom. The van der Waals surface area contributed by atoms with E-state index in [1.54, 1.807) is 32.1 Å². The molecule has 14 heavy (non-hydrogen) atoms. The summed E-state index contributed by atoms with van der Waals surface area (Å²) in [6.45, 7) is 2.30. The Bertz CT molecular complexity index is 141. The molecule has 0 spiro atoms. The van der Waals surface area contributed by atoms with Crippen LogP contribution in [0.1, 0.15) is 71.1 Å². The number of hydrogen-bond acceptors (Lipinski definition) is 0. The molecule has 0 aromatic carbocycles. The van der Waals surface area contributed by atoms with Crippen molar-refractivity contribution in [3.8, 4) is 0 Å². The largest absolute Gasteiger partial charge is 0.0654 e. The van der Waals surface area contributed by atoms with Gasteiger partial charge in [0.05, 0.1) is 0 Å². The first kappa shape index (κ1) is 10.5. The van der Waals surface area contributed by atoms with E-state index in [0.717, 1.165) is 5.92 Å². The Morgan fingerprint density at radius 1 is 0.857 bits per heavy atom. The van der Waals surface area contributed by atoms with E-state index in [2.05, 4.69) is 6.92 Å². The van der Waals surface area contributed by atoms with Crippen LogP contribution in [0.2, 0.25) is 0 Å². The minimum Gasteiger partial charge on any atom is -0.0654 e. The third kappa shape index (κ3) is 3.29. The van der Waals surface area contributed by atoms with Gasteiger partial charge in [0.1, 0.15) is 0 Å². The summed E-state index contributed by atoms with van der Waals surface area (Å²) in [4.78, 5) is 0. The van der Waals surface area contributed by atoms with Gasteiger partial charge < -0.3 is 0 Å². The van der Waals surface area contributed by atoms with E-state index in [-0.39, 0.29) is 0 Å². The highest BCUT2D eigenvalue weighted by molar-refractivity contribution is 4.91. The molecule has 0 N–H and O–H groups in total. The second-order valence-electron chi connectivity index (χ2n) is 5.54. The van der Waals surface area contributed by atoms with Gasteiger partial charge in [-0.15, -0.1) is 0 Å². The van der Waals surface area contributed by atoms with Crippen molar-refractivity contribution in [2.24, 2.45) is 17.8 Å². The van der Waals surface area contributed by atoms with Crippen molar-refractivity contribution in [2.75, 3.05) is 0 Å². The van der Waals surface area contributed by atoms with Crippen molar-refractivity contribution in [3.63, 3.8) is 0 Å². The average molecular weight is 194 g/mol. The van der Waals surface area contributed by atoms with Crippen LogP contribution < -0.4 is 0 Å². The maximum absolute atomic E-state index is 2.30. The molecule has 0 atom stereocenters. The molecule has 0 aliphatic heterocycles. The predicted octanol–water partition coefficient (Wildman–Crippen LogP) is 4.78. The van der Waals surface area contributed by atoms with Crippen LogP contribution in [0.25, 0.3) is 0 Å². The molecule has 0 unspecified atom stereocenters. The maximum atomic E-state index is 2.30. The zero-order valence-electron chi connectivity index (χ0n) is 9.80. The molecular weight excluding hydrogens is 168 g/mol. The quantitative estimate of drug-likeness (QED) is 0.488. The summed E-state index contributed by atoms with van der Waals surface area (Å²) in [5.74, 6) is 3.51. The van der Waals surface area contributed by atoms with E-state index >= 15 is 0 Å². The molecule has 0 radical (unpaired) electrons. The molecular formula is C14H26. The van der Waals surface area contributed by atoms with Gasteiger partial charge in [-0.1, -0.05) is 39.0 Å². The van der Waals surface area contributed by atoms with Crippen molar-refractivity contribution < 1.29 is 0 Å². The molecule has 0 aromatic rings. The van der Waals surface area contributed by atoms with Gasteiger partial charge in [0.15, 0.2) is 0 Å². The summed E-state index contributed by atoms with van der Waals surface area (Å²) >= 11 is 0. The lowest BCUT2D eigenvalue weighted by Crippen LogP contribution is -2.05. The summed E-state index contributed by atoms with van der Waals surface area (Å²) in [5, 5.41) is 0. The van der Waals surface area contributed by atoms with Crippen molar-refractivity contribution >= 4 is 0 Å². The fraction of sp³-hybridized carbons (Fsp3) is 1.00. The van der Waals surface area contributed by atoms with Crippen LogP contribution in [0, 0.1) is 17.8 Å². The first-order valence-electron chi connectivity index (χ1n) is 6.92. The minimum atomic E-state index is 1.16. The van der Waals surface area contributed by atoms with E-state index in [9.17, 15) is 0 Å². The van der Waals surface area contributed by atoms with Gasteiger partial charge in [-0.3, -0.25) is 0 Å². The van der Waals surface area contributed by atoms with Gasteiger partial charge in [0.25, 0.3) is 0 Å². The minimum absolute atomic E-state index is 1.16. The first-order chi connectivity index (χ1) is 6.92. The van der Waals surface area contributed by atoms with Crippen molar-refractivity contribution in [3.05, 3.63) is 0 Å². The van der Waals surface area contributed by atoms with Gasteiger partial charge in [0.2, 0.25) is 0 Å². The SMILES string of the molecule is CCCCCCCC(C1CC1)C1CC1. The zero-order chi connectivity index (χ0) is 9.80. The molecule has 0 nitrogen and oxygen atoms in total. The lowest BCUT2D eigenvalue weighted by atomic mass is 9.91. The smallest absolute Gasteiger partial charge is 0.0357 e. The summed E-state index contributed by atoms with van der Waals surface area (Å²) in [5.41, 5.74) is 0. The van der Waals surface area contributed by atoms with Gasteiger partial charge in [-0.05, 0) is 49.9 Å². The summed E-state index contributed by atoms with van der Waals surface area (Å²) in [6.07, 6.45) is 15.2. The first-order valence-corrected chi connectivity index (χ1v) is 6.92. The van der Waals surface area contributed by atoms with Gasteiger partial charge in [-0.25, -0.2) is 0 Å². The Balaban J connectivity index is 1.53. The van der Waals surface area contributed by atoms with Crippen LogP contribution >= 0.6 is 0 Å². The normalized spacial score (nSPS) is 21.9. The summed E-state index contributed by atoms with van der Waals surface area (Å²) < 4.78 is 0. The topological polar surface area (TPSA) is 0 Å². The highest BCUT2D eigenvalue weighted by Gasteiger charge is 2.40. The molecule has 0 heterocycles. The van der Waals surface area contributed by atoms with Crippen LogP contribution in [-0.2, 0) is 0 Å². The lowest BCUT2D eigenvalue weighted by Gasteiger charge is -2.14. The zero-order valence-corrected chi connectivity index (χ0v) is 9.80. The predicted molar refractivity (Wildman–Crippen MR) is 62.3 cm³/mol. The summed E-state index contributed by atoms with van der Waals surface area (Å²) in [7, 11) is 0. The van der Waals surface area contributed by atoms with Gasteiger partial charge in [0, 0.05) is 0 Å². The second kappa shape index (κ2) is 5.19. The van der Waals surface area contributed by atoms with Crippen molar-refractivity contribution in [1.29, 1.82) is 0 Å².